The van der Waals surface area contributed by atoms with Gasteiger partial charge in [-0.1, -0.05) is 48.5 Å². The number of hydrogen-bond acceptors (Lipinski definition) is 4. The molecule has 0 bridgehead atoms. The summed E-state index contributed by atoms with van der Waals surface area (Å²) < 4.78 is 1.95. The highest BCUT2D eigenvalue weighted by Gasteiger charge is 2.33. The molecule has 0 spiro atoms. The van der Waals surface area contributed by atoms with Crippen molar-refractivity contribution in [1.29, 1.82) is 0 Å². The monoisotopic (exact) mass is 493 g/mol. The van der Waals surface area contributed by atoms with Crippen LogP contribution in [0.3, 0.4) is 0 Å². The zero-order chi connectivity index (χ0) is 25.4. The second kappa shape index (κ2) is 9.73. The minimum absolute atomic E-state index is 0.00414. The highest BCUT2D eigenvalue weighted by molar-refractivity contribution is 5.99. The molecule has 2 aliphatic heterocycles. The van der Waals surface area contributed by atoms with Crippen molar-refractivity contribution in [3.63, 3.8) is 0 Å². The van der Waals surface area contributed by atoms with E-state index < -0.39 is 0 Å². The van der Waals surface area contributed by atoms with Gasteiger partial charge in [-0.2, -0.15) is 5.10 Å². The fourth-order valence-electron chi connectivity index (χ4n) is 5.56. The van der Waals surface area contributed by atoms with Gasteiger partial charge in [0.1, 0.15) is 0 Å². The molecule has 1 aromatic heterocycles. The summed E-state index contributed by atoms with van der Waals surface area (Å²) >= 11 is 0. The predicted octanol–water partition coefficient (Wildman–Crippen LogP) is 4.22. The van der Waals surface area contributed by atoms with Crippen molar-refractivity contribution in [2.45, 2.75) is 26.4 Å². The van der Waals surface area contributed by atoms with Gasteiger partial charge in [0.15, 0.2) is 5.69 Å². The Balaban J connectivity index is 1.21. The van der Waals surface area contributed by atoms with Crippen LogP contribution in [0, 0.1) is 0 Å². The molecule has 0 N–H and O–H groups in total. The lowest BCUT2D eigenvalue weighted by Crippen LogP contribution is -2.49. The van der Waals surface area contributed by atoms with Gasteiger partial charge in [0.25, 0.3) is 11.8 Å². The maximum absolute atomic E-state index is 13.7. The summed E-state index contributed by atoms with van der Waals surface area (Å²) in [7, 11) is 0. The summed E-state index contributed by atoms with van der Waals surface area (Å²) in [6, 6.07) is 24.2. The molecular formula is C30H31N5O2. The van der Waals surface area contributed by atoms with Gasteiger partial charge in [-0.05, 0) is 42.0 Å². The number of aryl methyl sites for hydroxylation is 1. The summed E-state index contributed by atoms with van der Waals surface area (Å²) in [5, 5.41) is 6.91. The lowest BCUT2D eigenvalue weighted by Gasteiger charge is -2.36. The Morgan fingerprint density at radius 1 is 0.784 bits per heavy atom. The minimum Gasteiger partial charge on any atom is -0.368 e. The Labute approximate surface area is 216 Å². The molecule has 3 aromatic carbocycles. The molecule has 1 saturated heterocycles. The van der Waals surface area contributed by atoms with Crippen molar-refractivity contribution in [2.75, 3.05) is 37.6 Å². The van der Waals surface area contributed by atoms with Crippen LogP contribution in [0.4, 0.5) is 5.69 Å². The number of carbonyl (C=O) groups is 2. The standard InChI is InChI=1S/C30H31N5O2/c1-2-35-27-14-15-34(29(36)24-13-12-22-8-6-7-9-23(22)20-24)21-26(27)28(31-35)30(37)33-18-16-32(17-19-33)25-10-4-3-5-11-25/h3-13,20H,2,14-19,21H2,1H3. The Morgan fingerprint density at radius 3 is 2.27 bits per heavy atom. The van der Waals surface area contributed by atoms with Crippen LogP contribution in [0.2, 0.25) is 0 Å². The molecule has 0 aliphatic carbocycles. The van der Waals surface area contributed by atoms with Crippen LogP contribution < -0.4 is 4.90 Å². The van der Waals surface area contributed by atoms with Crippen molar-refractivity contribution in [2.24, 2.45) is 0 Å². The van der Waals surface area contributed by atoms with Crippen LogP contribution in [0.1, 0.15) is 39.0 Å². The van der Waals surface area contributed by atoms with Crippen LogP contribution in [-0.4, -0.2) is 64.1 Å². The highest BCUT2D eigenvalue weighted by Crippen LogP contribution is 2.27. The molecule has 4 aromatic rings. The molecule has 1 fully saturated rings. The van der Waals surface area contributed by atoms with Gasteiger partial charge in [0.2, 0.25) is 0 Å². The molecule has 2 amide bonds. The predicted molar refractivity (Wildman–Crippen MR) is 145 cm³/mol. The van der Waals surface area contributed by atoms with E-state index in [1.807, 2.05) is 82.1 Å². The second-order valence-corrected chi connectivity index (χ2v) is 9.74. The van der Waals surface area contributed by atoms with E-state index in [4.69, 9.17) is 5.10 Å². The molecule has 7 heteroatoms. The first kappa shape index (κ1) is 23.3. The van der Waals surface area contributed by atoms with Crippen molar-refractivity contribution in [3.8, 4) is 0 Å². The molecule has 0 unspecified atom stereocenters. The van der Waals surface area contributed by atoms with Crippen molar-refractivity contribution < 1.29 is 9.59 Å². The summed E-state index contributed by atoms with van der Waals surface area (Å²) in [6.45, 7) is 6.67. The topological polar surface area (TPSA) is 61.7 Å². The molecule has 37 heavy (non-hydrogen) atoms. The van der Waals surface area contributed by atoms with E-state index in [1.54, 1.807) is 0 Å². The van der Waals surface area contributed by atoms with E-state index in [1.165, 1.54) is 5.69 Å². The number of amides is 2. The van der Waals surface area contributed by atoms with E-state index in [9.17, 15) is 9.59 Å². The number of benzene rings is 3. The molecule has 0 radical (unpaired) electrons. The lowest BCUT2D eigenvalue weighted by atomic mass is 10.0. The molecule has 7 nitrogen and oxygen atoms in total. The molecule has 2 aliphatic rings. The van der Waals surface area contributed by atoms with Gasteiger partial charge < -0.3 is 14.7 Å². The van der Waals surface area contributed by atoms with Crippen LogP contribution >= 0.6 is 0 Å². The van der Waals surface area contributed by atoms with Crippen LogP contribution in [0.5, 0.6) is 0 Å². The zero-order valence-corrected chi connectivity index (χ0v) is 21.1. The number of anilines is 1. The maximum atomic E-state index is 13.7. The number of hydrogen-bond donors (Lipinski definition) is 0. The fraction of sp³-hybridized carbons (Fsp3) is 0.300. The van der Waals surface area contributed by atoms with E-state index in [0.717, 1.165) is 35.1 Å². The third-order valence-corrected chi connectivity index (χ3v) is 7.61. The van der Waals surface area contributed by atoms with Gasteiger partial charge in [-0.15, -0.1) is 0 Å². The number of aromatic nitrogens is 2. The first-order valence-electron chi connectivity index (χ1n) is 13.1. The number of carbonyl (C=O) groups excluding carboxylic acids is 2. The smallest absolute Gasteiger partial charge is 0.274 e. The van der Waals surface area contributed by atoms with Crippen LogP contribution in [0.25, 0.3) is 10.8 Å². The molecule has 0 atom stereocenters. The molecule has 188 valence electrons. The lowest BCUT2D eigenvalue weighted by molar-refractivity contribution is 0.0709. The van der Waals surface area contributed by atoms with E-state index in [2.05, 4.69) is 17.0 Å². The summed E-state index contributed by atoms with van der Waals surface area (Å²) in [5.41, 5.74) is 4.34. The molecule has 3 heterocycles. The third-order valence-electron chi connectivity index (χ3n) is 7.61. The van der Waals surface area contributed by atoms with Gasteiger partial charge in [0.05, 0.1) is 6.54 Å². The normalized spacial score (nSPS) is 15.6. The minimum atomic E-state index is -0.0313. The Morgan fingerprint density at radius 2 is 1.51 bits per heavy atom. The van der Waals surface area contributed by atoms with Crippen molar-refractivity contribution in [3.05, 3.63) is 95.3 Å². The number of fused-ring (bicyclic) bond motifs is 2. The molecular weight excluding hydrogens is 462 g/mol. The first-order chi connectivity index (χ1) is 18.1. The number of para-hydroxylation sites is 1. The van der Waals surface area contributed by atoms with Gasteiger partial charge >= 0.3 is 0 Å². The van der Waals surface area contributed by atoms with Gasteiger partial charge in [0, 0.05) is 68.2 Å². The number of piperazine rings is 1. The average molecular weight is 494 g/mol. The fourth-order valence-corrected chi connectivity index (χ4v) is 5.56. The average Bonchev–Trinajstić information content (AvgIpc) is 3.34. The van der Waals surface area contributed by atoms with E-state index >= 15 is 0 Å². The SMILES string of the molecule is CCn1nc(C(=O)N2CCN(c3ccccc3)CC2)c2c1CCN(C(=O)c1ccc3ccccc3c1)C2. The first-order valence-corrected chi connectivity index (χ1v) is 13.1. The largest absolute Gasteiger partial charge is 0.368 e. The molecule has 6 rings (SSSR count). The zero-order valence-electron chi connectivity index (χ0n) is 21.1. The highest BCUT2D eigenvalue weighted by atomic mass is 16.2. The Bertz CT molecular complexity index is 1450. The number of rotatable bonds is 4. The third kappa shape index (κ3) is 4.35. The maximum Gasteiger partial charge on any atom is 0.274 e. The van der Waals surface area contributed by atoms with Crippen molar-refractivity contribution >= 4 is 28.3 Å². The Hall–Kier alpha value is -4.13. The van der Waals surface area contributed by atoms with Gasteiger partial charge in [-0.25, -0.2) is 0 Å². The van der Waals surface area contributed by atoms with E-state index in [-0.39, 0.29) is 11.8 Å². The van der Waals surface area contributed by atoms with E-state index in [0.29, 0.717) is 50.4 Å². The van der Waals surface area contributed by atoms with Crippen molar-refractivity contribution in [1.82, 2.24) is 19.6 Å². The van der Waals surface area contributed by atoms with Crippen LogP contribution in [-0.2, 0) is 19.5 Å². The quantitative estimate of drug-likeness (QED) is 0.427. The Kier molecular flexibility index (Phi) is 6.12. The number of nitrogens with zero attached hydrogens (tertiary/aromatic N) is 5. The van der Waals surface area contributed by atoms with Crippen LogP contribution in [0.15, 0.2) is 72.8 Å². The molecule has 0 saturated carbocycles. The second-order valence-electron chi connectivity index (χ2n) is 9.74. The summed E-state index contributed by atoms with van der Waals surface area (Å²) in [6.07, 6.45) is 0.699. The summed E-state index contributed by atoms with van der Waals surface area (Å²) in [5.74, 6) is -0.0355. The van der Waals surface area contributed by atoms with Gasteiger partial charge in [-0.3, -0.25) is 14.3 Å². The summed E-state index contributed by atoms with van der Waals surface area (Å²) in [4.78, 5) is 33.2.